The molecule has 0 spiro atoms. The van der Waals surface area contributed by atoms with Gasteiger partial charge in [-0.3, -0.25) is 4.79 Å². The van der Waals surface area contributed by atoms with E-state index in [0.29, 0.717) is 17.9 Å². The first-order valence-corrected chi connectivity index (χ1v) is 5.25. The quantitative estimate of drug-likeness (QED) is 0.571. The van der Waals surface area contributed by atoms with Crippen molar-refractivity contribution in [2.45, 2.75) is 13.0 Å². The van der Waals surface area contributed by atoms with Gasteiger partial charge in [0.05, 0.1) is 13.0 Å². The average Bonchev–Trinajstić information content (AvgIpc) is 2.78. The van der Waals surface area contributed by atoms with Crippen molar-refractivity contribution in [2.24, 2.45) is 0 Å². The molecule has 0 aliphatic heterocycles. The van der Waals surface area contributed by atoms with Gasteiger partial charge in [0.15, 0.2) is 11.6 Å². The standard InChI is InChI=1S/C12H12N4O/c1-2-8-16-14-12(13-15-16)9-11(17)10-6-4-3-5-7-10/h2-7H,1,8-9H2. The van der Waals surface area contributed by atoms with Gasteiger partial charge in [-0.25, -0.2) is 0 Å². The van der Waals surface area contributed by atoms with E-state index >= 15 is 0 Å². The number of carbonyl (C=O) groups is 1. The number of hydrogen-bond donors (Lipinski definition) is 0. The molecule has 0 N–H and O–H groups in total. The van der Waals surface area contributed by atoms with Crippen LogP contribution in [0.2, 0.25) is 0 Å². The summed E-state index contributed by atoms with van der Waals surface area (Å²) in [5.41, 5.74) is 0.660. The zero-order chi connectivity index (χ0) is 12.1. The van der Waals surface area contributed by atoms with Crippen molar-refractivity contribution in [3.63, 3.8) is 0 Å². The van der Waals surface area contributed by atoms with Gasteiger partial charge in [0, 0.05) is 5.56 Å². The third-order valence-corrected chi connectivity index (χ3v) is 2.20. The third kappa shape index (κ3) is 2.84. The number of hydrogen-bond acceptors (Lipinski definition) is 4. The van der Waals surface area contributed by atoms with Crippen molar-refractivity contribution in [2.75, 3.05) is 0 Å². The molecule has 5 heteroatoms. The molecule has 5 nitrogen and oxygen atoms in total. The van der Waals surface area contributed by atoms with Crippen LogP contribution in [0.4, 0.5) is 0 Å². The molecule has 0 radical (unpaired) electrons. The first-order chi connectivity index (χ1) is 8.29. The van der Waals surface area contributed by atoms with E-state index in [4.69, 9.17) is 0 Å². The molecule has 0 aliphatic carbocycles. The maximum atomic E-state index is 11.8. The van der Waals surface area contributed by atoms with Crippen LogP contribution >= 0.6 is 0 Å². The molecule has 1 heterocycles. The smallest absolute Gasteiger partial charge is 0.182 e. The molecule has 0 unspecified atom stereocenters. The molecule has 0 bridgehead atoms. The molecular formula is C12H12N4O. The Kier molecular flexibility index (Phi) is 3.40. The van der Waals surface area contributed by atoms with Gasteiger partial charge in [0.25, 0.3) is 0 Å². The topological polar surface area (TPSA) is 60.7 Å². The van der Waals surface area contributed by atoms with Gasteiger partial charge >= 0.3 is 0 Å². The molecule has 86 valence electrons. The fraction of sp³-hybridized carbons (Fsp3) is 0.167. The number of nitrogens with zero attached hydrogens (tertiary/aromatic N) is 4. The number of rotatable bonds is 5. The van der Waals surface area contributed by atoms with E-state index in [1.807, 2.05) is 18.2 Å². The lowest BCUT2D eigenvalue weighted by Gasteiger charge is -1.96. The minimum atomic E-state index is -0.0104. The second kappa shape index (κ2) is 5.16. The number of carbonyl (C=O) groups excluding carboxylic acids is 1. The van der Waals surface area contributed by atoms with Crippen LogP contribution in [0.15, 0.2) is 43.0 Å². The Labute approximate surface area is 98.8 Å². The summed E-state index contributed by atoms with van der Waals surface area (Å²) in [4.78, 5) is 13.2. The molecule has 2 rings (SSSR count). The Morgan fingerprint density at radius 3 is 2.82 bits per heavy atom. The molecular weight excluding hydrogens is 216 g/mol. The summed E-state index contributed by atoms with van der Waals surface area (Å²) in [5.74, 6) is 0.421. The monoisotopic (exact) mass is 228 g/mol. The summed E-state index contributed by atoms with van der Waals surface area (Å²) < 4.78 is 0. The van der Waals surface area contributed by atoms with E-state index in [2.05, 4.69) is 22.0 Å². The van der Waals surface area contributed by atoms with Crippen molar-refractivity contribution in [3.05, 3.63) is 54.4 Å². The Balaban J connectivity index is 2.05. The molecule has 0 saturated heterocycles. The van der Waals surface area contributed by atoms with Crippen molar-refractivity contribution in [3.8, 4) is 0 Å². The SMILES string of the molecule is C=CCn1nnc(CC(=O)c2ccccc2)n1. The zero-order valence-corrected chi connectivity index (χ0v) is 9.28. The number of ketones is 1. The second-order valence-electron chi connectivity index (χ2n) is 3.52. The minimum Gasteiger partial charge on any atom is -0.294 e. The predicted octanol–water partition coefficient (Wildman–Crippen LogP) is 1.28. The van der Waals surface area contributed by atoms with Gasteiger partial charge in [-0.2, -0.15) is 4.80 Å². The predicted molar refractivity (Wildman–Crippen MR) is 62.5 cm³/mol. The Morgan fingerprint density at radius 2 is 2.12 bits per heavy atom. The first kappa shape index (κ1) is 11.2. The van der Waals surface area contributed by atoms with Gasteiger partial charge in [0.2, 0.25) is 0 Å². The molecule has 0 aliphatic rings. The van der Waals surface area contributed by atoms with Crippen molar-refractivity contribution < 1.29 is 4.79 Å². The summed E-state index contributed by atoms with van der Waals surface area (Å²) >= 11 is 0. The van der Waals surface area contributed by atoms with Crippen LogP contribution in [0.5, 0.6) is 0 Å². The van der Waals surface area contributed by atoms with Gasteiger partial charge in [0.1, 0.15) is 0 Å². The highest BCUT2D eigenvalue weighted by Crippen LogP contribution is 2.03. The maximum Gasteiger partial charge on any atom is 0.182 e. The number of aromatic nitrogens is 4. The lowest BCUT2D eigenvalue weighted by molar-refractivity contribution is 0.0990. The largest absolute Gasteiger partial charge is 0.294 e. The molecule has 2 aromatic rings. The van der Waals surface area contributed by atoms with E-state index in [0.717, 1.165) is 0 Å². The normalized spacial score (nSPS) is 10.1. The average molecular weight is 228 g/mol. The third-order valence-electron chi connectivity index (χ3n) is 2.20. The number of benzene rings is 1. The van der Waals surface area contributed by atoms with Gasteiger partial charge < -0.3 is 0 Å². The van der Waals surface area contributed by atoms with Crippen LogP contribution in [0, 0.1) is 0 Å². The first-order valence-electron chi connectivity index (χ1n) is 5.25. The summed E-state index contributed by atoms with van der Waals surface area (Å²) in [6, 6.07) is 9.08. The van der Waals surface area contributed by atoms with Gasteiger partial charge in [-0.1, -0.05) is 36.4 Å². The molecule has 1 aromatic heterocycles. The number of allylic oxidation sites excluding steroid dienone is 1. The fourth-order valence-corrected chi connectivity index (χ4v) is 1.41. The van der Waals surface area contributed by atoms with Crippen LogP contribution in [-0.2, 0) is 13.0 Å². The fourth-order valence-electron chi connectivity index (χ4n) is 1.41. The van der Waals surface area contributed by atoms with Crippen LogP contribution in [0.25, 0.3) is 0 Å². The van der Waals surface area contributed by atoms with Crippen LogP contribution in [-0.4, -0.2) is 26.0 Å². The van der Waals surface area contributed by atoms with Crippen LogP contribution in [0.3, 0.4) is 0 Å². The number of tetrazole rings is 1. The van der Waals surface area contributed by atoms with Gasteiger partial charge in [-0.15, -0.1) is 16.8 Å². The summed E-state index contributed by atoms with van der Waals surface area (Å²) in [7, 11) is 0. The Bertz CT molecular complexity index is 518. The highest BCUT2D eigenvalue weighted by Gasteiger charge is 2.10. The van der Waals surface area contributed by atoms with E-state index in [1.165, 1.54) is 4.80 Å². The molecule has 0 fully saturated rings. The summed E-state index contributed by atoms with van der Waals surface area (Å²) in [6.07, 6.45) is 1.84. The summed E-state index contributed by atoms with van der Waals surface area (Å²) in [5, 5.41) is 11.7. The van der Waals surface area contributed by atoms with E-state index in [1.54, 1.807) is 18.2 Å². The van der Waals surface area contributed by atoms with Crippen LogP contribution < -0.4 is 0 Å². The Hall–Kier alpha value is -2.30. The lowest BCUT2D eigenvalue weighted by Crippen LogP contribution is -2.06. The highest BCUT2D eigenvalue weighted by atomic mass is 16.1. The molecule has 0 amide bonds. The summed E-state index contributed by atoms with van der Waals surface area (Å²) in [6.45, 7) is 4.07. The molecule has 0 saturated carbocycles. The highest BCUT2D eigenvalue weighted by molar-refractivity contribution is 5.96. The Morgan fingerprint density at radius 1 is 1.35 bits per heavy atom. The van der Waals surface area contributed by atoms with Crippen molar-refractivity contribution in [1.82, 2.24) is 20.2 Å². The number of Topliss-reactive ketones (excluding diaryl/α,β-unsaturated/α-hetero) is 1. The molecule has 1 aromatic carbocycles. The van der Waals surface area contributed by atoms with E-state index in [9.17, 15) is 4.79 Å². The minimum absolute atomic E-state index is 0.0104. The van der Waals surface area contributed by atoms with Crippen molar-refractivity contribution in [1.29, 1.82) is 0 Å². The van der Waals surface area contributed by atoms with E-state index < -0.39 is 0 Å². The second-order valence-corrected chi connectivity index (χ2v) is 3.52. The zero-order valence-electron chi connectivity index (χ0n) is 9.28. The van der Waals surface area contributed by atoms with Crippen molar-refractivity contribution >= 4 is 5.78 Å². The molecule has 17 heavy (non-hydrogen) atoms. The lowest BCUT2D eigenvalue weighted by atomic mass is 10.1. The van der Waals surface area contributed by atoms with Crippen LogP contribution in [0.1, 0.15) is 16.2 Å². The van der Waals surface area contributed by atoms with Gasteiger partial charge in [-0.05, 0) is 5.21 Å². The maximum absolute atomic E-state index is 11.8. The molecule has 0 atom stereocenters. The van der Waals surface area contributed by atoms with E-state index in [-0.39, 0.29) is 12.2 Å².